The minimum atomic E-state index is -0.523. The van der Waals surface area contributed by atoms with Crippen LogP contribution in [-0.2, 0) is 9.59 Å². The summed E-state index contributed by atoms with van der Waals surface area (Å²) < 4.78 is 13.6. The second kappa shape index (κ2) is 9.29. The molecule has 1 aliphatic carbocycles. The fourth-order valence-electron chi connectivity index (χ4n) is 4.75. The predicted molar refractivity (Wildman–Crippen MR) is 120 cm³/mol. The first-order valence-electron chi connectivity index (χ1n) is 11.3. The van der Waals surface area contributed by atoms with E-state index < -0.39 is 11.9 Å². The van der Waals surface area contributed by atoms with E-state index in [1.807, 2.05) is 4.90 Å². The summed E-state index contributed by atoms with van der Waals surface area (Å²) in [6.45, 7) is 7.01. The van der Waals surface area contributed by atoms with E-state index in [1.54, 1.807) is 24.0 Å². The molecule has 1 atom stereocenters. The first-order chi connectivity index (χ1) is 14.9. The summed E-state index contributed by atoms with van der Waals surface area (Å²) >= 11 is 5.69. The van der Waals surface area contributed by atoms with Crippen molar-refractivity contribution in [3.05, 3.63) is 40.7 Å². The van der Waals surface area contributed by atoms with Crippen molar-refractivity contribution in [3.8, 4) is 0 Å². The molecule has 2 aliphatic heterocycles. The number of piperazine rings is 1. The molecule has 1 saturated carbocycles. The Kier molecular flexibility index (Phi) is 6.68. The van der Waals surface area contributed by atoms with Crippen LogP contribution in [0.5, 0.6) is 0 Å². The van der Waals surface area contributed by atoms with Gasteiger partial charge in [-0.2, -0.15) is 0 Å². The lowest BCUT2D eigenvalue weighted by Gasteiger charge is -2.39. The zero-order valence-corrected chi connectivity index (χ0v) is 18.9. The van der Waals surface area contributed by atoms with E-state index in [0.717, 1.165) is 19.5 Å². The van der Waals surface area contributed by atoms with Crippen LogP contribution in [0.3, 0.4) is 0 Å². The molecule has 0 bridgehead atoms. The van der Waals surface area contributed by atoms with Crippen molar-refractivity contribution in [3.63, 3.8) is 0 Å². The van der Waals surface area contributed by atoms with Gasteiger partial charge in [0.1, 0.15) is 11.9 Å². The van der Waals surface area contributed by atoms with Gasteiger partial charge in [0.25, 0.3) is 0 Å². The number of carbonyl (C=O) groups excluding carboxylic acids is 2. The molecular weight excluding hydrogens is 417 g/mol. The number of nitrogens with zero attached hydrogens (tertiary/aromatic N) is 3. The highest BCUT2D eigenvalue weighted by atomic mass is 35.5. The summed E-state index contributed by atoms with van der Waals surface area (Å²) in [7, 11) is 0. The molecule has 0 radical (unpaired) electrons. The zero-order valence-electron chi connectivity index (χ0n) is 18.2. The lowest BCUT2D eigenvalue weighted by atomic mass is 9.94. The normalized spacial score (nSPS) is 23.7. The topological polar surface area (TPSA) is 43.9 Å². The van der Waals surface area contributed by atoms with Crippen LogP contribution in [-0.4, -0.2) is 71.8 Å². The standard InChI is InChI=1S/C24H31ClFN3O2/c1-18-23(31)28(12-2-11-27-13-9-24(7-8-24)10-14-27)15-16-29(18)22(30)6-4-19-3-5-20(25)21(26)17-19/h3-6,17-18H,2,7-16H2,1H3/b6-4+. The molecular formula is C24H31ClFN3O2. The molecule has 1 spiro atoms. The average Bonchev–Trinajstić information content (AvgIpc) is 3.52. The van der Waals surface area contributed by atoms with Crippen molar-refractivity contribution in [2.75, 3.05) is 39.3 Å². The molecule has 5 nitrogen and oxygen atoms in total. The lowest BCUT2D eigenvalue weighted by molar-refractivity contribution is -0.148. The molecule has 2 heterocycles. The van der Waals surface area contributed by atoms with Gasteiger partial charge < -0.3 is 14.7 Å². The number of halogens is 2. The smallest absolute Gasteiger partial charge is 0.247 e. The molecule has 31 heavy (non-hydrogen) atoms. The predicted octanol–water partition coefficient (Wildman–Crippen LogP) is 3.82. The van der Waals surface area contributed by atoms with Gasteiger partial charge in [0.2, 0.25) is 11.8 Å². The fraction of sp³-hybridized carbons (Fsp3) is 0.583. The number of amides is 2. The maximum absolute atomic E-state index is 13.6. The largest absolute Gasteiger partial charge is 0.339 e. The highest BCUT2D eigenvalue weighted by Crippen LogP contribution is 2.53. The lowest BCUT2D eigenvalue weighted by Crippen LogP contribution is -2.57. The van der Waals surface area contributed by atoms with Crippen LogP contribution in [0, 0.1) is 11.2 Å². The van der Waals surface area contributed by atoms with E-state index in [1.165, 1.54) is 57.0 Å². The minimum absolute atomic E-state index is 0.00103. The molecule has 3 aliphatic rings. The van der Waals surface area contributed by atoms with Crippen LogP contribution in [0.1, 0.15) is 44.6 Å². The van der Waals surface area contributed by atoms with E-state index in [2.05, 4.69) is 4.90 Å². The van der Waals surface area contributed by atoms with Gasteiger partial charge in [0, 0.05) is 25.7 Å². The Morgan fingerprint density at radius 2 is 1.90 bits per heavy atom. The van der Waals surface area contributed by atoms with Gasteiger partial charge in [-0.05, 0) is 87.8 Å². The average molecular weight is 448 g/mol. The molecule has 0 N–H and O–H groups in total. The van der Waals surface area contributed by atoms with E-state index in [-0.39, 0.29) is 16.8 Å². The first kappa shape index (κ1) is 22.3. The number of hydrogen-bond donors (Lipinski definition) is 0. The SMILES string of the molecule is CC1C(=O)N(CCCN2CCC3(CC2)CC3)CCN1C(=O)/C=C/c1ccc(Cl)c(F)c1. The van der Waals surface area contributed by atoms with Crippen molar-refractivity contribution in [1.29, 1.82) is 0 Å². The molecule has 2 amide bonds. The molecule has 1 unspecified atom stereocenters. The van der Waals surface area contributed by atoms with E-state index in [0.29, 0.717) is 24.1 Å². The highest BCUT2D eigenvalue weighted by molar-refractivity contribution is 6.30. The summed E-state index contributed by atoms with van der Waals surface area (Å²) in [6.07, 6.45) is 9.42. The number of hydrogen-bond acceptors (Lipinski definition) is 3. The van der Waals surface area contributed by atoms with Gasteiger partial charge in [-0.15, -0.1) is 0 Å². The van der Waals surface area contributed by atoms with Crippen molar-refractivity contribution in [2.24, 2.45) is 5.41 Å². The maximum Gasteiger partial charge on any atom is 0.247 e. The first-order valence-corrected chi connectivity index (χ1v) is 11.7. The Morgan fingerprint density at radius 1 is 1.16 bits per heavy atom. The van der Waals surface area contributed by atoms with Crippen LogP contribution in [0.2, 0.25) is 5.02 Å². The quantitative estimate of drug-likeness (QED) is 0.623. The summed E-state index contributed by atoms with van der Waals surface area (Å²) in [5.74, 6) is -0.760. The molecule has 1 aromatic rings. The van der Waals surface area contributed by atoms with Crippen LogP contribution >= 0.6 is 11.6 Å². The van der Waals surface area contributed by atoms with Crippen molar-refractivity contribution < 1.29 is 14.0 Å². The van der Waals surface area contributed by atoms with Crippen LogP contribution in [0.15, 0.2) is 24.3 Å². The summed E-state index contributed by atoms with van der Waals surface area (Å²) in [6, 6.07) is 3.90. The number of rotatable bonds is 6. The van der Waals surface area contributed by atoms with E-state index in [4.69, 9.17) is 11.6 Å². The number of carbonyl (C=O) groups is 2. The molecule has 3 fully saturated rings. The third-order valence-electron chi connectivity index (χ3n) is 7.17. The number of benzene rings is 1. The third-order valence-corrected chi connectivity index (χ3v) is 7.48. The van der Waals surface area contributed by atoms with Crippen LogP contribution in [0.4, 0.5) is 4.39 Å². The molecule has 1 aromatic carbocycles. The molecule has 4 rings (SSSR count). The molecule has 2 saturated heterocycles. The number of piperidine rings is 1. The van der Waals surface area contributed by atoms with Crippen molar-refractivity contribution in [1.82, 2.24) is 14.7 Å². The second-order valence-electron chi connectivity index (χ2n) is 9.23. The Hall–Kier alpha value is -1.92. The van der Waals surface area contributed by atoms with Gasteiger partial charge in [-0.1, -0.05) is 17.7 Å². The van der Waals surface area contributed by atoms with Crippen molar-refractivity contribution >= 4 is 29.5 Å². The van der Waals surface area contributed by atoms with Gasteiger partial charge >= 0.3 is 0 Å². The number of likely N-dealkylation sites (tertiary alicyclic amines) is 1. The molecule has 168 valence electrons. The third kappa shape index (κ3) is 5.29. The van der Waals surface area contributed by atoms with Crippen LogP contribution in [0.25, 0.3) is 6.08 Å². The molecule has 0 aromatic heterocycles. The highest BCUT2D eigenvalue weighted by Gasteiger charge is 2.44. The zero-order chi connectivity index (χ0) is 22.0. The monoisotopic (exact) mass is 447 g/mol. The summed E-state index contributed by atoms with van der Waals surface area (Å²) in [4.78, 5) is 31.4. The maximum atomic E-state index is 13.6. The summed E-state index contributed by atoms with van der Waals surface area (Å²) in [5, 5.41) is 0.0472. The van der Waals surface area contributed by atoms with Gasteiger partial charge in [0.05, 0.1) is 5.02 Å². The second-order valence-corrected chi connectivity index (χ2v) is 9.64. The Bertz CT molecular complexity index is 860. The van der Waals surface area contributed by atoms with E-state index >= 15 is 0 Å². The summed E-state index contributed by atoms with van der Waals surface area (Å²) in [5.41, 5.74) is 1.25. The van der Waals surface area contributed by atoms with Crippen LogP contribution < -0.4 is 0 Å². The van der Waals surface area contributed by atoms with Gasteiger partial charge in [0.15, 0.2) is 0 Å². The Balaban J connectivity index is 1.23. The Labute approximate surface area is 188 Å². The Morgan fingerprint density at radius 3 is 2.58 bits per heavy atom. The van der Waals surface area contributed by atoms with E-state index in [9.17, 15) is 14.0 Å². The minimum Gasteiger partial charge on any atom is -0.339 e. The fourth-order valence-corrected chi connectivity index (χ4v) is 4.86. The van der Waals surface area contributed by atoms with Crippen molar-refractivity contribution in [2.45, 2.75) is 45.1 Å². The van der Waals surface area contributed by atoms with Gasteiger partial charge in [-0.3, -0.25) is 9.59 Å². The van der Waals surface area contributed by atoms with Gasteiger partial charge in [-0.25, -0.2) is 4.39 Å². The molecule has 7 heteroatoms.